The highest BCUT2D eigenvalue weighted by molar-refractivity contribution is 7.80. The second kappa shape index (κ2) is 6.90. The third-order valence-corrected chi connectivity index (χ3v) is 3.14. The predicted molar refractivity (Wildman–Crippen MR) is 86.4 cm³/mol. The lowest BCUT2D eigenvalue weighted by Crippen LogP contribution is -2.35. The first-order valence-corrected chi connectivity index (χ1v) is 6.78. The van der Waals surface area contributed by atoms with Gasteiger partial charge in [0, 0.05) is 19.3 Å². The number of rotatable bonds is 4. The van der Waals surface area contributed by atoms with E-state index in [9.17, 15) is 4.79 Å². The molecule has 0 aliphatic heterocycles. The number of benzene rings is 1. The summed E-state index contributed by atoms with van der Waals surface area (Å²) in [7, 11) is 4.79. The van der Waals surface area contributed by atoms with Gasteiger partial charge in [0.25, 0.3) is 5.91 Å². The van der Waals surface area contributed by atoms with Crippen LogP contribution in [-0.2, 0) is 7.05 Å². The van der Waals surface area contributed by atoms with Crippen molar-refractivity contribution in [3.8, 4) is 11.5 Å². The van der Waals surface area contributed by atoms with Crippen LogP contribution < -0.4 is 20.1 Å². The molecule has 2 N–H and O–H groups in total. The van der Waals surface area contributed by atoms with Crippen LogP contribution in [-0.4, -0.2) is 35.0 Å². The maximum Gasteiger partial charge on any atom is 0.275 e. The minimum Gasteiger partial charge on any atom is -0.497 e. The molecule has 1 heterocycles. The van der Waals surface area contributed by atoms with Crippen LogP contribution in [0.3, 0.4) is 0 Å². The largest absolute Gasteiger partial charge is 0.497 e. The summed E-state index contributed by atoms with van der Waals surface area (Å²) in [6.45, 7) is 0. The molecule has 0 aliphatic rings. The van der Waals surface area contributed by atoms with Crippen molar-refractivity contribution in [1.29, 1.82) is 0 Å². The second-order valence-electron chi connectivity index (χ2n) is 4.31. The van der Waals surface area contributed by atoms with Crippen LogP contribution in [0.5, 0.6) is 11.5 Å². The zero-order valence-electron chi connectivity index (χ0n) is 12.4. The molecule has 22 heavy (non-hydrogen) atoms. The predicted octanol–water partition coefficient (Wildman–Crippen LogP) is 1.56. The number of hydrogen-bond acceptors (Lipinski definition) is 5. The van der Waals surface area contributed by atoms with E-state index in [0.29, 0.717) is 22.9 Å². The number of nitrogens with zero attached hydrogens (tertiary/aromatic N) is 2. The van der Waals surface area contributed by atoms with Crippen molar-refractivity contribution in [2.45, 2.75) is 0 Å². The lowest BCUT2D eigenvalue weighted by molar-refractivity contribution is 0.0968. The van der Waals surface area contributed by atoms with Crippen LogP contribution in [0.25, 0.3) is 0 Å². The summed E-state index contributed by atoms with van der Waals surface area (Å²) in [5.41, 5.74) is 0.999. The maximum absolute atomic E-state index is 12.0. The average Bonchev–Trinajstić information content (AvgIpc) is 2.93. The Hall–Kier alpha value is -2.61. The summed E-state index contributed by atoms with van der Waals surface area (Å²) < 4.78 is 11.9. The third-order valence-electron chi connectivity index (χ3n) is 2.94. The fourth-order valence-electron chi connectivity index (χ4n) is 1.83. The lowest BCUT2D eigenvalue weighted by atomic mass is 10.2. The Morgan fingerprint density at radius 1 is 1.27 bits per heavy atom. The van der Waals surface area contributed by atoms with Gasteiger partial charge < -0.3 is 14.8 Å². The standard InChI is InChI=1S/C14H16N4O3S/c1-18-11(6-7-15-18)13(19)17-14(22)16-10-8-9(20-2)4-5-12(10)21-3/h4-8H,1-3H3,(H2,16,17,19,22). The Morgan fingerprint density at radius 3 is 2.64 bits per heavy atom. The van der Waals surface area contributed by atoms with E-state index in [0.717, 1.165) is 0 Å². The number of amides is 1. The SMILES string of the molecule is COc1ccc(OC)c(NC(=S)NC(=O)c2ccnn2C)c1. The third kappa shape index (κ3) is 3.53. The van der Waals surface area contributed by atoms with Gasteiger partial charge in [0.15, 0.2) is 5.11 Å². The minimum atomic E-state index is -0.348. The van der Waals surface area contributed by atoms with Crippen LogP contribution >= 0.6 is 12.2 Å². The fourth-order valence-corrected chi connectivity index (χ4v) is 2.03. The molecule has 2 rings (SSSR count). The molecule has 1 aromatic carbocycles. The van der Waals surface area contributed by atoms with Gasteiger partial charge in [-0.1, -0.05) is 0 Å². The Kier molecular flexibility index (Phi) is 4.95. The number of methoxy groups -OCH3 is 2. The quantitative estimate of drug-likeness (QED) is 0.833. The molecule has 0 unspecified atom stereocenters. The highest BCUT2D eigenvalue weighted by Gasteiger charge is 2.13. The normalized spacial score (nSPS) is 9.95. The molecule has 1 amide bonds. The Balaban J connectivity index is 2.09. The second-order valence-corrected chi connectivity index (χ2v) is 4.72. The van der Waals surface area contributed by atoms with Crippen molar-refractivity contribution >= 4 is 28.9 Å². The fraction of sp³-hybridized carbons (Fsp3) is 0.214. The van der Waals surface area contributed by atoms with Gasteiger partial charge in [-0.05, 0) is 30.4 Å². The van der Waals surface area contributed by atoms with Crippen molar-refractivity contribution < 1.29 is 14.3 Å². The number of anilines is 1. The summed E-state index contributed by atoms with van der Waals surface area (Å²) in [5, 5.41) is 9.58. The molecular formula is C14H16N4O3S. The molecule has 0 fully saturated rings. The molecule has 2 aromatic rings. The van der Waals surface area contributed by atoms with Crippen LogP contribution in [0.1, 0.15) is 10.5 Å². The van der Waals surface area contributed by atoms with E-state index in [1.807, 2.05) is 0 Å². The number of nitrogens with one attached hydrogen (secondary N) is 2. The van der Waals surface area contributed by atoms with Gasteiger partial charge in [-0.3, -0.25) is 14.8 Å². The van der Waals surface area contributed by atoms with Crippen molar-refractivity contribution in [1.82, 2.24) is 15.1 Å². The molecule has 7 nitrogen and oxygen atoms in total. The highest BCUT2D eigenvalue weighted by Crippen LogP contribution is 2.28. The molecule has 1 aromatic heterocycles. The van der Waals surface area contributed by atoms with Crippen molar-refractivity contribution in [2.24, 2.45) is 7.05 Å². The van der Waals surface area contributed by atoms with E-state index in [4.69, 9.17) is 21.7 Å². The van der Waals surface area contributed by atoms with Crippen LogP contribution in [0.15, 0.2) is 30.5 Å². The van der Waals surface area contributed by atoms with Gasteiger partial charge in [-0.15, -0.1) is 0 Å². The van der Waals surface area contributed by atoms with E-state index < -0.39 is 0 Å². The molecule has 0 bridgehead atoms. The van der Waals surface area contributed by atoms with Crippen molar-refractivity contribution in [3.05, 3.63) is 36.2 Å². The molecule has 0 saturated heterocycles. The van der Waals surface area contributed by atoms with Gasteiger partial charge in [-0.2, -0.15) is 5.10 Å². The van der Waals surface area contributed by atoms with E-state index in [-0.39, 0.29) is 11.0 Å². The van der Waals surface area contributed by atoms with Crippen LogP contribution in [0.4, 0.5) is 5.69 Å². The van der Waals surface area contributed by atoms with E-state index in [2.05, 4.69) is 15.7 Å². The lowest BCUT2D eigenvalue weighted by Gasteiger charge is -2.13. The molecular weight excluding hydrogens is 304 g/mol. The number of carbonyl (C=O) groups is 1. The molecule has 0 spiro atoms. The number of aromatic nitrogens is 2. The topological polar surface area (TPSA) is 77.4 Å². The zero-order chi connectivity index (χ0) is 16.1. The summed E-state index contributed by atoms with van der Waals surface area (Å²) >= 11 is 5.15. The average molecular weight is 320 g/mol. The van der Waals surface area contributed by atoms with Gasteiger partial charge in [0.05, 0.1) is 19.9 Å². The molecule has 116 valence electrons. The number of hydrogen-bond donors (Lipinski definition) is 2. The first kappa shape index (κ1) is 15.8. The summed E-state index contributed by atoms with van der Waals surface area (Å²) in [6.07, 6.45) is 1.54. The molecule has 0 atom stereocenters. The van der Waals surface area contributed by atoms with Crippen LogP contribution in [0.2, 0.25) is 0 Å². The van der Waals surface area contributed by atoms with Gasteiger partial charge in [-0.25, -0.2) is 0 Å². The summed E-state index contributed by atoms with van der Waals surface area (Å²) in [6, 6.07) is 6.83. The van der Waals surface area contributed by atoms with E-state index in [1.165, 1.54) is 10.9 Å². The Labute approximate surface area is 133 Å². The summed E-state index contributed by atoms with van der Waals surface area (Å²) in [4.78, 5) is 12.0. The minimum absolute atomic E-state index is 0.151. The first-order valence-electron chi connectivity index (χ1n) is 6.37. The zero-order valence-corrected chi connectivity index (χ0v) is 13.2. The first-order chi connectivity index (χ1) is 10.5. The highest BCUT2D eigenvalue weighted by atomic mass is 32.1. The van der Waals surface area contributed by atoms with E-state index in [1.54, 1.807) is 45.5 Å². The Bertz CT molecular complexity index is 699. The van der Waals surface area contributed by atoms with Gasteiger partial charge in [0.1, 0.15) is 17.2 Å². The summed E-state index contributed by atoms with van der Waals surface area (Å²) in [5.74, 6) is 0.876. The number of ether oxygens (including phenoxy) is 2. The number of aryl methyl sites for hydroxylation is 1. The maximum atomic E-state index is 12.0. The monoisotopic (exact) mass is 320 g/mol. The number of thiocarbonyl (C=S) groups is 1. The molecule has 0 radical (unpaired) electrons. The molecule has 0 saturated carbocycles. The van der Waals surface area contributed by atoms with E-state index >= 15 is 0 Å². The van der Waals surface area contributed by atoms with Gasteiger partial charge >= 0.3 is 0 Å². The van der Waals surface area contributed by atoms with Gasteiger partial charge in [0.2, 0.25) is 0 Å². The number of carbonyl (C=O) groups excluding carboxylic acids is 1. The molecule has 0 aliphatic carbocycles. The Morgan fingerprint density at radius 2 is 2.05 bits per heavy atom. The molecule has 8 heteroatoms. The van der Waals surface area contributed by atoms with Crippen LogP contribution in [0, 0.1) is 0 Å². The smallest absolute Gasteiger partial charge is 0.275 e. The van der Waals surface area contributed by atoms with Crippen molar-refractivity contribution in [3.63, 3.8) is 0 Å². The van der Waals surface area contributed by atoms with Crippen molar-refractivity contribution in [2.75, 3.05) is 19.5 Å².